The first-order chi connectivity index (χ1) is 13.2. The largest absolute Gasteiger partial charge is 0.468 e. The molecule has 0 aliphatic rings. The zero-order valence-electron chi connectivity index (χ0n) is 15.6. The lowest BCUT2D eigenvalue weighted by molar-refractivity contribution is 0.215. The quantitative estimate of drug-likeness (QED) is 0.500. The highest BCUT2D eigenvalue weighted by atomic mass is 79.9. The summed E-state index contributed by atoms with van der Waals surface area (Å²) in [6.45, 7) is 3.00. The minimum Gasteiger partial charge on any atom is -0.468 e. The number of aryl methyl sites for hydroxylation is 1. The summed E-state index contributed by atoms with van der Waals surface area (Å²) in [5, 5.41) is 13.5. The number of benzene rings is 2. The molecule has 27 heavy (non-hydrogen) atoms. The van der Waals surface area contributed by atoms with Gasteiger partial charge in [-0.05, 0) is 60.6 Å². The van der Waals surface area contributed by atoms with E-state index in [4.69, 9.17) is 4.42 Å². The van der Waals surface area contributed by atoms with Crippen LogP contribution in [0, 0.1) is 12.8 Å². The molecule has 1 heterocycles. The minimum absolute atomic E-state index is 0.0598. The Morgan fingerprint density at radius 1 is 0.963 bits per heavy atom. The molecule has 0 radical (unpaired) electrons. The summed E-state index contributed by atoms with van der Waals surface area (Å²) in [4.78, 5) is 0. The Balaban J connectivity index is 1.68. The Hall–Kier alpha value is -1.88. The third-order valence-electron chi connectivity index (χ3n) is 4.95. The third kappa shape index (κ3) is 5.55. The summed E-state index contributed by atoms with van der Waals surface area (Å²) in [7, 11) is 0. The summed E-state index contributed by atoms with van der Waals surface area (Å²) < 4.78 is 6.77. The highest BCUT2D eigenvalue weighted by molar-refractivity contribution is 9.10. The number of rotatable bonds is 9. The van der Waals surface area contributed by atoms with Crippen LogP contribution in [0.5, 0.6) is 0 Å². The second-order valence-electron chi connectivity index (χ2n) is 6.95. The van der Waals surface area contributed by atoms with E-state index in [1.807, 2.05) is 24.3 Å². The first-order valence-corrected chi connectivity index (χ1v) is 10.1. The third-order valence-corrected chi connectivity index (χ3v) is 5.72. The van der Waals surface area contributed by atoms with E-state index >= 15 is 0 Å². The van der Waals surface area contributed by atoms with E-state index in [9.17, 15) is 5.11 Å². The molecule has 0 aliphatic carbocycles. The Morgan fingerprint density at radius 2 is 1.70 bits per heavy atom. The standard InChI is InChI=1S/C23H26BrNO2/c1-17-7-2-3-8-19(17)13-18(16-26)15-25-22(23-11-6-12-27-23)14-20-9-4-5-10-21(20)24/h2-12,18,22,25-26H,13-16H2,1H3. The lowest BCUT2D eigenvalue weighted by Crippen LogP contribution is -2.31. The molecule has 0 saturated heterocycles. The van der Waals surface area contributed by atoms with Gasteiger partial charge < -0.3 is 14.8 Å². The van der Waals surface area contributed by atoms with Crippen LogP contribution >= 0.6 is 15.9 Å². The second kappa shape index (κ2) is 9.88. The number of halogens is 1. The first kappa shape index (κ1) is 19.9. The van der Waals surface area contributed by atoms with E-state index in [0.717, 1.165) is 29.6 Å². The fourth-order valence-corrected chi connectivity index (χ4v) is 3.75. The van der Waals surface area contributed by atoms with Gasteiger partial charge in [0.05, 0.1) is 12.3 Å². The van der Waals surface area contributed by atoms with Crippen molar-refractivity contribution in [3.63, 3.8) is 0 Å². The SMILES string of the molecule is Cc1ccccc1CC(CO)CNC(Cc1ccccc1Br)c1ccco1. The summed E-state index contributed by atoms with van der Waals surface area (Å²) in [6, 6.07) is 20.6. The minimum atomic E-state index is 0.0598. The van der Waals surface area contributed by atoms with Crippen LogP contribution in [0.25, 0.3) is 0 Å². The van der Waals surface area contributed by atoms with Crippen LogP contribution in [0.3, 0.4) is 0 Å². The van der Waals surface area contributed by atoms with Crippen molar-refractivity contribution in [1.82, 2.24) is 5.32 Å². The van der Waals surface area contributed by atoms with Crippen molar-refractivity contribution in [2.24, 2.45) is 5.92 Å². The number of aliphatic hydroxyl groups is 1. The summed E-state index contributed by atoms with van der Waals surface area (Å²) >= 11 is 3.64. The predicted molar refractivity (Wildman–Crippen MR) is 113 cm³/mol. The maximum Gasteiger partial charge on any atom is 0.121 e. The van der Waals surface area contributed by atoms with Gasteiger partial charge in [-0.15, -0.1) is 0 Å². The zero-order chi connectivity index (χ0) is 19.1. The molecule has 0 bridgehead atoms. The van der Waals surface area contributed by atoms with Gasteiger partial charge in [0.1, 0.15) is 5.76 Å². The molecule has 0 amide bonds. The second-order valence-corrected chi connectivity index (χ2v) is 7.81. The molecular formula is C23H26BrNO2. The van der Waals surface area contributed by atoms with Crippen molar-refractivity contribution in [2.45, 2.75) is 25.8 Å². The number of nitrogens with one attached hydrogen (secondary N) is 1. The highest BCUT2D eigenvalue weighted by Gasteiger charge is 2.18. The molecular weight excluding hydrogens is 402 g/mol. The van der Waals surface area contributed by atoms with Gasteiger partial charge in [-0.2, -0.15) is 0 Å². The molecule has 3 rings (SSSR count). The monoisotopic (exact) mass is 427 g/mol. The van der Waals surface area contributed by atoms with Gasteiger partial charge in [0.15, 0.2) is 0 Å². The summed E-state index contributed by atoms with van der Waals surface area (Å²) in [5.41, 5.74) is 3.79. The lowest BCUT2D eigenvalue weighted by Gasteiger charge is -2.22. The average molecular weight is 428 g/mol. The molecule has 2 atom stereocenters. The maximum absolute atomic E-state index is 9.88. The normalized spacial score (nSPS) is 13.4. The van der Waals surface area contributed by atoms with Crippen molar-refractivity contribution in [2.75, 3.05) is 13.2 Å². The van der Waals surface area contributed by atoms with Gasteiger partial charge in [-0.1, -0.05) is 58.4 Å². The average Bonchev–Trinajstić information content (AvgIpc) is 3.21. The maximum atomic E-state index is 9.88. The number of furan rings is 1. The van der Waals surface area contributed by atoms with Crippen LogP contribution in [0.2, 0.25) is 0 Å². The zero-order valence-corrected chi connectivity index (χ0v) is 17.2. The molecule has 142 valence electrons. The first-order valence-electron chi connectivity index (χ1n) is 9.33. The van der Waals surface area contributed by atoms with Gasteiger partial charge >= 0.3 is 0 Å². The summed E-state index contributed by atoms with van der Waals surface area (Å²) in [5.74, 6) is 1.07. The Bertz CT molecular complexity index is 832. The molecule has 3 aromatic rings. The molecule has 2 N–H and O–H groups in total. The van der Waals surface area contributed by atoms with Gasteiger partial charge in [-0.3, -0.25) is 0 Å². The van der Waals surface area contributed by atoms with Crippen LogP contribution in [-0.4, -0.2) is 18.3 Å². The highest BCUT2D eigenvalue weighted by Crippen LogP contribution is 2.24. The van der Waals surface area contributed by atoms with Crippen LogP contribution in [0.4, 0.5) is 0 Å². The summed E-state index contributed by atoms with van der Waals surface area (Å²) in [6.07, 6.45) is 3.38. The molecule has 1 aromatic heterocycles. The predicted octanol–water partition coefficient (Wildman–Crippen LogP) is 5.08. The fraction of sp³-hybridized carbons (Fsp3) is 0.304. The molecule has 0 fully saturated rings. The fourth-order valence-electron chi connectivity index (χ4n) is 3.31. The number of hydrogen-bond acceptors (Lipinski definition) is 3. The van der Waals surface area contributed by atoms with Crippen LogP contribution in [0.1, 0.15) is 28.5 Å². The van der Waals surface area contributed by atoms with Gasteiger partial charge in [0, 0.05) is 17.6 Å². The van der Waals surface area contributed by atoms with E-state index in [1.165, 1.54) is 16.7 Å². The van der Waals surface area contributed by atoms with Gasteiger partial charge in [-0.25, -0.2) is 0 Å². The van der Waals surface area contributed by atoms with Crippen LogP contribution in [0.15, 0.2) is 75.8 Å². The molecule has 2 unspecified atom stereocenters. The Morgan fingerprint density at radius 3 is 2.37 bits per heavy atom. The number of aliphatic hydroxyl groups excluding tert-OH is 1. The lowest BCUT2D eigenvalue weighted by atomic mass is 9.96. The van der Waals surface area contributed by atoms with Crippen molar-refractivity contribution in [3.05, 3.63) is 93.9 Å². The van der Waals surface area contributed by atoms with E-state index in [0.29, 0.717) is 0 Å². The molecule has 0 saturated carbocycles. The molecule has 0 spiro atoms. The van der Waals surface area contributed by atoms with Crippen molar-refractivity contribution in [3.8, 4) is 0 Å². The van der Waals surface area contributed by atoms with E-state index in [1.54, 1.807) is 6.26 Å². The van der Waals surface area contributed by atoms with Crippen molar-refractivity contribution >= 4 is 15.9 Å². The van der Waals surface area contributed by atoms with Gasteiger partial charge in [0.25, 0.3) is 0 Å². The Kier molecular flexibility index (Phi) is 7.27. The van der Waals surface area contributed by atoms with E-state index in [2.05, 4.69) is 64.6 Å². The van der Waals surface area contributed by atoms with Gasteiger partial charge in [0.2, 0.25) is 0 Å². The smallest absolute Gasteiger partial charge is 0.121 e. The molecule has 4 heteroatoms. The van der Waals surface area contributed by atoms with Crippen molar-refractivity contribution in [1.29, 1.82) is 0 Å². The van der Waals surface area contributed by atoms with Crippen LogP contribution < -0.4 is 5.32 Å². The number of hydrogen-bond donors (Lipinski definition) is 2. The van der Waals surface area contributed by atoms with Crippen molar-refractivity contribution < 1.29 is 9.52 Å². The van der Waals surface area contributed by atoms with Crippen LogP contribution in [-0.2, 0) is 12.8 Å². The van der Waals surface area contributed by atoms with E-state index in [-0.39, 0.29) is 18.6 Å². The topological polar surface area (TPSA) is 45.4 Å². The Labute approximate surface area is 169 Å². The molecule has 0 aliphatic heterocycles. The van der Waals surface area contributed by atoms with E-state index < -0.39 is 0 Å². The molecule has 3 nitrogen and oxygen atoms in total. The molecule has 2 aromatic carbocycles.